The van der Waals surface area contributed by atoms with Crippen molar-refractivity contribution >= 4 is 17.6 Å². The van der Waals surface area contributed by atoms with Crippen LogP contribution in [0.25, 0.3) is 0 Å². The van der Waals surface area contributed by atoms with Crippen molar-refractivity contribution in [3.63, 3.8) is 0 Å². The highest BCUT2D eigenvalue weighted by Crippen LogP contribution is 2.38. The molecule has 1 aromatic rings. The monoisotopic (exact) mass is 286 g/mol. The number of carbonyl (C=O) groups is 1. The molecule has 0 N–H and O–H groups in total. The van der Waals surface area contributed by atoms with Gasteiger partial charge in [0, 0.05) is 7.11 Å². The van der Waals surface area contributed by atoms with E-state index in [0.717, 1.165) is 0 Å². The van der Waals surface area contributed by atoms with Crippen LogP contribution < -0.4 is 9.47 Å². The van der Waals surface area contributed by atoms with Gasteiger partial charge in [0.1, 0.15) is 19.3 Å². The Morgan fingerprint density at radius 3 is 2.89 bits per heavy atom. The second-order valence-electron chi connectivity index (χ2n) is 4.15. The molecule has 1 heterocycles. The molecule has 0 bridgehead atoms. The molecule has 5 nitrogen and oxygen atoms in total. The molecule has 19 heavy (non-hydrogen) atoms. The van der Waals surface area contributed by atoms with E-state index in [1.165, 1.54) is 6.07 Å². The van der Waals surface area contributed by atoms with E-state index >= 15 is 0 Å². The third kappa shape index (κ3) is 3.30. The van der Waals surface area contributed by atoms with Crippen LogP contribution in [0.3, 0.4) is 0 Å². The van der Waals surface area contributed by atoms with Gasteiger partial charge in [0.25, 0.3) is 0 Å². The molecule has 2 rings (SSSR count). The molecular weight excluding hydrogens is 272 g/mol. The van der Waals surface area contributed by atoms with Gasteiger partial charge >= 0.3 is 5.97 Å². The lowest BCUT2D eigenvalue weighted by molar-refractivity contribution is 0.0119. The molecule has 6 heteroatoms. The molecule has 0 saturated heterocycles. The van der Waals surface area contributed by atoms with Crippen LogP contribution in [0.1, 0.15) is 17.3 Å². The van der Waals surface area contributed by atoms with Crippen LogP contribution in [-0.2, 0) is 9.47 Å². The predicted molar refractivity (Wildman–Crippen MR) is 69.2 cm³/mol. The van der Waals surface area contributed by atoms with Gasteiger partial charge in [0.15, 0.2) is 11.5 Å². The Balaban J connectivity index is 2.16. The van der Waals surface area contributed by atoms with E-state index in [1.807, 2.05) is 0 Å². The van der Waals surface area contributed by atoms with Gasteiger partial charge in [0.2, 0.25) is 0 Å². The first-order chi connectivity index (χ1) is 9.11. The van der Waals surface area contributed by atoms with Crippen LogP contribution in [0, 0.1) is 0 Å². The van der Waals surface area contributed by atoms with Gasteiger partial charge in [0.05, 0.1) is 17.2 Å². The van der Waals surface area contributed by atoms with Crippen molar-refractivity contribution < 1.29 is 23.7 Å². The average molecular weight is 287 g/mol. The van der Waals surface area contributed by atoms with E-state index in [0.29, 0.717) is 41.9 Å². The number of fused-ring (bicyclic) bond motifs is 1. The van der Waals surface area contributed by atoms with E-state index in [4.69, 9.17) is 30.5 Å². The van der Waals surface area contributed by atoms with Crippen molar-refractivity contribution in [1.29, 1.82) is 0 Å². The summed E-state index contributed by atoms with van der Waals surface area (Å²) in [4.78, 5) is 11.9. The van der Waals surface area contributed by atoms with Crippen LogP contribution >= 0.6 is 11.6 Å². The number of esters is 1. The van der Waals surface area contributed by atoms with Crippen molar-refractivity contribution in [3.8, 4) is 11.5 Å². The first-order valence-corrected chi connectivity index (χ1v) is 6.28. The standard InChI is InChI=1S/C13H15ClO5/c1-8(7-16-2)19-13(15)9-5-10(14)12-11(6-9)17-3-4-18-12/h5-6,8H,3-4,7H2,1-2H3. The molecule has 0 spiro atoms. The van der Waals surface area contributed by atoms with Crippen LogP contribution in [0.4, 0.5) is 0 Å². The number of hydrogen-bond acceptors (Lipinski definition) is 5. The maximum atomic E-state index is 11.9. The minimum absolute atomic E-state index is 0.329. The fraction of sp³-hybridized carbons (Fsp3) is 0.462. The number of rotatable bonds is 4. The lowest BCUT2D eigenvalue weighted by Gasteiger charge is -2.20. The maximum Gasteiger partial charge on any atom is 0.338 e. The summed E-state index contributed by atoms with van der Waals surface area (Å²) in [5.74, 6) is 0.461. The predicted octanol–water partition coefficient (Wildman–Crippen LogP) is 2.30. The van der Waals surface area contributed by atoms with Crippen LogP contribution in [0.2, 0.25) is 5.02 Å². The SMILES string of the molecule is COCC(C)OC(=O)c1cc(Cl)c2c(c1)OCCO2. The van der Waals surface area contributed by atoms with Gasteiger partial charge in [-0.05, 0) is 19.1 Å². The number of ether oxygens (including phenoxy) is 4. The zero-order chi connectivity index (χ0) is 13.8. The minimum Gasteiger partial charge on any atom is -0.486 e. The summed E-state index contributed by atoms with van der Waals surface area (Å²) in [6.45, 7) is 2.97. The van der Waals surface area contributed by atoms with Gasteiger partial charge in [-0.2, -0.15) is 0 Å². The van der Waals surface area contributed by atoms with E-state index in [9.17, 15) is 4.79 Å². The van der Waals surface area contributed by atoms with Crippen molar-refractivity contribution in [2.24, 2.45) is 0 Å². The number of hydrogen-bond donors (Lipinski definition) is 0. The van der Waals surface area contributed by atoms with Gasteiger partial charge in [-0.1, -0.05) is 11.6 Å². The Bertz CT molecular complexity index is 474. The summed E-state index contributed by atoms with van der Waals surface area (Å²) in [6, 6.07) is 3.08. The van der Waals surface area contributed by atoms with E-state index in [1.54, 1.807) is 20.1 Å². The molecular formula is C13H15ClO5. The van der Waals surface area contributed by atoms with Crippen LogP contribution in [0.15, 0.2) is 12.1 Å². The largest absolute Gasteiger partial charge is 0.486 e. The van der Waals surface area contributed by atoms with E-state index in [-0.39, 0.29) is 6.10 Å². The Morgan fingerprint density at radius 2 is 2.16 bits per heavy atom. The van der Waals surface area contributed by atoms with Gasteiger partial charge in [-0.25, -0.2) is 4.79 Å². The van der Waals surface area contributed by atoms with Gasteiger partial charge < -0.3 is 18.9 Å². The molecule has 1 aliphatic heterocycles. The molecule has 0 radical (unpaired) electrons. The Morgan fingerprint density at radius 1 is 1.42 bits per heavy atom. The van der Waals surface area contributed by atoms with E-state index in [2.05, 4.69) is 0 Å². The van der Waals surface area contributed by atoms with E-state index < -0.39 is 5.97 Å². The third-order valence-electron chi connectivity index (χ3n) is 2.54. The maximum absolute atomic E-state index is 11.9. The van der Waals surface area contributed by atoms with Crippen LogP contribution in [-0.4, -0.2) is 39.0 Å². The number of benzene rings is 1. The minimum atomic E-state index is -0.469. The van der Waals surface area contributed by atoms with Crippen LogP contribution in [0.5, 0.6) is 11.5 Å². The Kier molecular flexibility index (Phi) is 4.50. The zero-order valence-corrected chi connectivity index (χ0v) is 11.5. The fourth-order valence-electron chi connectivity index (χ4n) is 1.75. The second-order valence-corrected chi connectivity index (χ2v) is 4.56. The molecule has 104 valence electrons. The second kappa shape index (κ2) is 6.12. The van der Waals surface area contributed by atoms with Gasteiger partial charge in [-0.3, -0.25) is 0 Å². The molecule has 1 aromatic carbocycles. The highest BCUT2D eigenvalue weighted by Gasteiger charge is 2.20. The molecule has 1 unspecified atom stereocenters. The number of carbonyl (C=O) groups excluding carboxylic acids is 1. The first-order valence-electron chi connectivity index (χ1n) is 5.91. The highest BCUT2D eigenvalue weighted by molar-refractivity contribution is 6.32. The normalized spacial score (nSPS) is 14.9. The van der Waals surface area contributed by atoms with Crippen molar-refractivity contribution in [2.45, 2.75) is 13.0 Å². The summed E-state index contributed by atoms with van der Waals surface area (Å²) in [5, 5.41) is 0.337. The van der Waals surface area contributed by atoms with Crippen molar-refractivity contribution in [1.82, 2.24) is 0 Å². The molecule has 1 aliphatic rings. The lowest BCUT2D eigenvalue weighted by atomic mass is 10.2. The Hall–Kier alpha value is -1.46. The first kappa shape index (κ1) is 14.0. The van der Waals surface area contributed by atoms with Gasteiger partial charge in [-0.15, -0.1) is 0 Å². The molecule has 0 fully saturated rings. The summed E-state index contributed by atoms with van der Waals surface area (Å²) in [6.07, 6.45) is -0.329. The molecule has 0 aromatic heterocycles. The third-order valence-corrected chi connectivity index (χ3v) is 2.82. The molecule has 0 aliphatic carbocycles. The molecule has 1 atom stereocenters. The Labute approximate surface area is 116 Å². The lowest BCUT2D eigenvalue weighted by Crippen LogP contribution is -2.20. The summed E-state index contributed by atoms with van der Waals surface area (Å²) < 4.78 is 20.9. The molecule has 0 amide bonds. The van der Waals surface area contributed by atoms with Crippen molar-refractivity contribution in [3.05, 3.63) is 22.7 Å². The average Bonchev–Trinajstić information content (AvgIpc) is 2.39. The number of halogens is 1. The van der Waals surface area contributed by atoms with Crippen molar-refractivity contribution in [2.75, 3.05) is 26.9 Å². The summed E-state index contributed by atoms with van der Waals surface area (Å²) in [5.41, 5.74) is 0.331. The highest BCUT2D eigenvalue weighted by atomic mass is 35.5. The zero-order valence-electron chi connectivity index (χ0n) is 10.8. The quantitative estimate of drug-likeness (QED) is 0.795. The summed E-state index contributed by atoms with van der Waals surface area (Å²) >= 11 is 6.05. The smallest absolute Gasteiger partial charge is 0.338 e. The number of methoxy groups -OCH3 is 1. The topological polar surface area (TPSA) is 54.0 Å². The molecule has 0 saturated carbocycles. The fourth-order valence-corrected chi connectivity index (χ4v) is 2.01. The summed E-state index contributed by atoms with van der Waals surface area (Å²) in [7, 11) is 1.55.